The van der Waals surface area contributed by atoms with E-state index in [9.17, 15) is 0 Å². The Balaban J connectivity index is 1.84. The minimum atomic E-state index is -0.0235. The van der Waals surface area contributed by atoms with Gasteiger partial charge < -0.3 is 4.52 Å². The molecule has 0 bridgehead atoms. The van der Waals surface area contributed by atoms with Crippen LogP contribution in [0, 0.1) is 6.92 Å². The molecule has 102 valence electrons. The molecule has 0 N–H and O–H groups in total. The SMILES string of the molecule is Cc1noc(C(C)Sc2nnnn2-c2ccccc2)n1. The van der Waals surface area contributed by atoms with Crippen LogP contribution in [0.5, 0.6) is 0 Å². The molecule has 1 aromatic carbocycles. The van der Waals surface area contributed by atoms with E-state index >= 15 is 0 Å². The van der Waals surface area contributed by atoms with Crippen molar-refractivity contribution in [2.24, 2.45) is 0 Å². The van der Waals surface area contributed by atoms with Gasteiger partial charge in [0, 0.05) is 0 Å². The second-order valence-corrected chi connectivity index (χ2v) is 5.46. The average molecular weight is 288 g/mol. The Morgan fingerprint density at radius 3 is 2.75 bits per heavy atom. The number of aryl methyl sites for hydroxylation is 1. The van der Waals surface area contributed by atoms with Crippen LogP contribution in [0.2, 0.25) is 0 Å². The third-order valence-corrected chi connectivity index (χ3v) is 3.64. The molecule has 0 amide bonds. The highest BCUT2D eigenvalue weighted by molar-refractivity contribution is 7.99. The first kappa shape index (κ1) is 12.8. The van der Waals surface area contributed by atoms with E-state index in [0.29, 0.717) is 16.9 Å². The summed E-state index contributed by atoms with van der Waals surface area (Å²) in [5.74, 6) is 1.19. The van der Waals surface area contributed by atoms with Crippen LogP contribution in [0.25, 0.3) is 5.69 Å². The first-order valence-corrected chi connectivity index (χ1v) is 6.92. The summed E-state index contributed by atoms with van der Waals surface area (Å²) in [5, 5.41) is 16.2. The maximum Gasteiger partial charge on any atom is 0.239 e. The van der Waals surface area contributed by atoms with Gasteiger partial charge in [-0.3, -0.25) is 0 Å². The third kappa shape index (κ3) is 2.55. The van der Waals surface area contributed by atoms with Crippen LogP contribution in [0.4, 0.5) is 0 Å². The minimum Gasteiger partial charge on any atom is -0.338 e. The second-order valence-electron chi connectivity index (χ2n) is 4.15. The largest absolute Gasteiger partial charge is 0.338 e. The monoisotopic (exact) mass is 288 g/mol. The Bertz CT molecular complexity index is 695. The van der Waals surface area contributed by atoms with Crippen LogP contribution in [0.3, 0.4) is 0 Å². The topological polar surface area (TPSA) is 82.5 Å². The first-order chi connectivity index (χ1) is 9.74. The van der Waals surface area contributed by atoms with Gasteiger partial charge in [-0.05, 0) is 36.4 Å². The molecule has 0 aliphatic carbocycles. The average Bonchev–Trinajstić information content (AvgIpc) is 3.09. The predicted molar refractivity (Wildman–Crippen MR) is 72.5 cm³/mol. The first-order valence-electron chi connectivity index (χ1n) is 6.04. The number of tetrazole rings is 1. The Labute approximate surface area is 119 Å². The van der Waals surface area contributed by atoms with Crippen molar-refractivity contribution in [3.63, 3.8) is 0 Å². The summed E-state index contributed by atoms with van der Waals surface area (Å²) in [6, 6.07) is 9.72. The summed E-state index contributed by atoms with van der Waals surface area (Å²) in [5.41, 5.74) is 0.911. The summed E-state index contributed by atoms with van der Waals surface area (Å²) in [4.78, 5) is 4.22. The van der Waals surface area contributed by atoms with Crippen LogP contribution in [0.1, 0.15) is 23.9 Å². The van der Waals surface area contributed by atoms with Crippen LogP contribution < -0.4 is 0 Å². The van der Waals surface area contributed by atoms with Crippen molar-refractivity contribution in [1.29, 1.82) is 0 Å². The quantitative estimate of drug-likeness (QED) is 0.680. The zero-order valence-corrected chi connectivity index (χ0v) is 11.8. The van der Waals surface area contributed by atoms with Crippen molar-refractivity contribution in [1.82, 2.24) is 30.3 Å². The molecule has 0 saturated carbocycles. The van der Waals surface area contributed by atoms with Crippen molar-refractivity contribution in [2.45, 2.75) is 24.3 Å². The molecular weight excluding hydrogens is 276 g/mol. The molecule has 20 heavy (non-hydrogen) atoms. The van der Waals surface area contributed by atoms with Gasteiger partial charge in [0.25, 0.3) is 0 Å². The van der Waals surface area contributed by atoms with Crippen LogP contribution in [-0.4, -0.2) is 30.3 Å². The maximum atomic E-state index is 5.16. The smallest absolute Gasteiger partial charge is 0.239 e. The number of aromatic nitrogens is 6. The number of rotatable bonds is 4. The minimum absolute atomic E-state index is 0.0235. The number of hydrogen-bond acceptors (Lipinski definition) is 7. The molecule has 1 unspecified atom stereocenters. The zero-order valence-electron chi connectivity index (χ0n) is 11.0. The summed E-state index contributed by atoms with van der Waals surface area (Å²) in [6.45, 7) is 3.76. The van der Waals surface area contributed by atoms with Gasteiger partial charge >= 0.3 is 0 Å². The zero-order chi connectivity index (χ0) is 13.9. The highest BCUT2D eigenvalue weighted by Crippen LogP contribution is 2.32. The molecule has 1 atom stereocenters. The van der Waals surface area contributed by atoms with E-state index in [1.54, 1.807) is 11.6 Å². The molecular formula is C12H12N6OS. The molecule has 0 fully saturated rings. The molecule has 0 aliphatic rings. The van der Waals surface area contributed by atoms with E-state index in [4.69, 9.17) is 4.52 Å². The Kier molecular flexibility index (Phi) is 3.46. The highest BCUT2D eigenvalue weighted by atomic mass is 32.2. The number of para-hydroxylation sites is 1. The van der Waals surface area contributed by atoms with E-state index in [1.807, 2.05) is 37.3 Å². The number of hydrogen-bond donors (Lipinski definition) is 0. The van der Waals surface area contributed by atoms with Gasteiger partial charge in [-0.1, -0.05) is 35.1 Å². The lowest BCUT2D eigenvalue weighted by Gasteiger charge is -2.06. The van der Waals surface area contributed by atoms with Gasteiger partial charge in [-0.25, -0.2) is 0 Å². The fourth-order valence-corrected chi connectivity index (χ4v) is 2.51. The molecule has 0 aliphatic heterocycles. The van der Waals surface area contributed by atoms with Crippen molar-refractivity contribution in [3.8, 4) is 5.69 Å². The molecule has 0 spiro atoms. The Hall–Kier alpha value is -2.22. The number of benzene rings is 1. The molecule has 0 saturated heterocycles. The normalized spacial score (nSPS) is 12.5. The van der Waals surface area contributed by atoms with Crippen LogP contribution in [0.15, 0.2) is 40.0 Å². The van der Waals surface area contributed by atoms with Crippen molar-refractivity contribution in [3.05, 3.63) is 42.0 Å². The Morgan fingerprint density at radius 1 is 1.25 bits per heavy atom. The van der Waals surface area contributed by atoms with Gasteiger partial charge in [-0.15, -0.1) is 5.10 Å². The third-order valence-electron chi connectivity index (χ3n) is 2.61. The molecule has 2 aromatic heterocycles. The van der Waals surface area contributed by atoms with Crippen molar-refractivity contribution in [2.75, 3.05) is 0 Å². The van der Waals surface area contributed by atoms with Crippen LogP contribution in [-0.2, 0) is 0 Å². The van der Waals surface area contributed by atoms with Gasteiger partial charge in [0.05, 0.1) is 10.9 Å². The van der Waals surface area contributed by atoms with Crippen molar-refractivity contribution >= 4 is 11.8 Å². The molecule has 2 heterocycles. The second kappa shape index (κ2) is 5.41. The van der Waals surface area contributed by atoms with Crippen molar-refractivity contribution < 1.29 is 4.52 Å². The summed E-state index contributed by atoms with van der Waals surface area (Å²) >= 11 is 1.47. The summed E-state index contributed by atoms with van der Waals surface area (Å²) in [6.07, 6.45) is 0. The molecule has 3 aromatic rings. The summed E-state index contributed by atoms with van der Waals surface area (Å²) in [7, 11) is 0. The van der Waals surface area contributed by atoms with E-state index in [1.165, 1.54) is 11.8 Å². The molecule has 3 rings (SSSR count). The lowest BCUT2D eigenvalue weighted by molar-refractivity contribution is 0.376. The molecule has 7 nitrogen and oxygen atoms in total. The number of thioether (sulfide) groups is 1. The van der Waals surface area contributed by atoms with E-state index in [-0.39, 0.29) is 5.25 Å². The lowest BCUT2D eigenvalue weighted by Crippen LogP contribution is -2.00. The maximum absolute atomic E-state index is 5.16. The highest BCUT2D eigenvalue weighted by Gasteiger charge is 2.19. The van der Waals surface area contributed by atoms with Gasteiger partial charge in [0.2, 0.25) is 11.0 Å². The lowest BCUT2D eigenvalue weighted by atomic mass is 10.3. The fraction of sp³-hybridized carbons (Fsp3) is 0.250. The predicted octanol–water partition coefficient (Wildman–Crippen LogP) is 2.21. The number of nitrogens with zero attached hydrogens (tertiary/aromatic N) is 6. The van der Waals surface area contributed by atoms with E-state index in [0.717, 1.165) is 5.69 Å². The van der Waals surface area contributed by atoms with E-state index in [2.05, 4.69) is 25.7 Å². The molecule has 0 radical (unpaired) electrons. The van der Waals surface area contributed by atoms with Gasteiger partial charge in [0.1, 0.15) is 0 Å². The van der Waals surface area contributed by atoms with Crippen LogP contribution >= 0.6 is 11.8 Å². The Morgan fingerprint density at radius 2 is 2.05 bits per heavy atom. The fourth-order valence-electron chi connectivity index (χ4n) is 1.67. The standard InChI is InChI=1S/C12H12N6OS/c1-8(11-13-9(2)15-19-11)20-12-14-16-17-18(12)10-6-4-3-5-7-10/h3-8H,1-2H3. The van der Waals surface area contributed by atoms with Gasteiger partial charge in [0.15, 0.2) is 5.82 Å². The molecule has 8 heteroatoms. The van der Waals surface area contributed by atoms with Gasteiger partial charge in [-0.2, -0.15) is 9.67 Å². The summed E-state index contributed by atoms with van der Waals surface area (Å²) < 4.78 is 6.85. The van der Waals surface area contributed by atoms with E-state index < -0.39 is 0 Å².